The summed E-state index contributed by atoms with van der Waals surface area (Å²) in [6.07, 6.45) is 14.8. The summed E-state index contributed by atoms with van der Waals surface area (Å²) in [5.41, 5.74) is 9.51. The van der Waals surface area contributed by atoms with E-state index in [2.05, 4.69) is 32.4 Å². The average Bonchev–Trinajstić information content (AvgIpc) is 2.39. The molecule has 0 saturated carbocycles. The summed E-state index contributed by atoms with van der Waals surface area (Å²) in [7, 11) is 0. The number of rotatable bonds is 9. The first-order chi connectivity index (χ1) is 9.12. The van der Waals surface area contributed by atoms with Crippen LogP contribution in [0.1, 0.15) is 19.8 Å². The highest BCUT2D eigenvalue weighted by atomic mass is 14.6. The van der Waals surface area contributed by atoms with Crippen LogP contribution in [0.15, 0.2) is 85.6 Å². The number of hydrogen-bond acceptors (Lipinski definition) is 1. The van der Waals surface area contributed by atoms with Gasteiger partial charge in [0.2, 0.25) is 0 Å². The largest absolute Gasteiger partial charge is 0.324 e. The molecule has 2 N–H and O–H groups in total. The Kier molecular flexibility index (Phi) is 9.11. The topological polar surface area (TPSA) is 26.0 Å². The van der Waals surface area contributed by atoms with E-state index >= 15 is 0 Å². The van der Waals surface area contributed by atoms with Crippen molar-refractivity contribution in [2.45, 2.75) is 25.8 Å². The van der Waals surface area contributed by atoms with Gasteiger partial charge in [-0.15, -0.1) is 6.58 Å². The van der Waals surface area contributed by atoms with Crippen molar-refractivity contribution >= 4 is 0 Å². The molecular formula is C18H25N. The van der Waals surface area contributed by atoms with E-state index in [1.165, 1.54) is 11.1 Å². The molecule has 0 aliphatic heterocycles. The number of allylic oxidation sites excluding steroid dienone is 9. The van der Waals surface area contributed by atoms with Gasteiger partial charge in [0.05, 0.1) is 0 Å². The first-order valence-corrected chi connectivity index (χ1v) is 6.43. The minimum absolute atomic E-state index is 0.0161. The lowest BCUT2D eigenvalue weighted by Crippen LogP contribution is -2.20. The first kappa shape index (κ1) is 17.1. The third kappa shape index (κ3) is 6.03. The molecular weight excluding hydrogens is 230 g/mol. The molecule has 0 rings (SSSR count). The summed E-state index contributed by atoms with van der Waals surface area (Å²) in [4.78, 5) is 0. The third-order valence-corrected chi connectivity index (χ3v) is 2.76. The second kappa shape index (κ2) is 10.1. The minimum Gasteiger partial charge on any atom is -0.324 e. The Morgan fingerprint density at radius 3 is 2.21 bits per heavy atom. The van der Waals surface area contributed by atoms with Gasteiger partial charge in [-0.05, 0) is 36.5 Å². The van der Waals surface area contributed by atoms with Gasteiger partial charge in [0, 0.05) is 6.04 Å². The van der Waals surface area contributed by atoms with E-state index in [4.69, 9.17) is 5.73 Å². The smallest absolute Gasteiger partial charge is 0.0234 e. The van der Waals surface area contributed by atoms with Gasteiger partial charge in [0.25, 0.3) is 0 Å². The molecule has 0 fully saturated rings. The van der Waals surface area contributed by atoms with Gasteiger partial charge in [0.15, 0.2) is 0 Å². The maximum absolute atomic E-state index is 6.10. The van der Waals surface area contributed by atoms with Gasteiger partial charge >= 0.3 is 0 Å². The lowest BCUT2D eigenvalue weighted by atomic mass is 9.91. The van der Waals surface area contributed by atoms with Crippen LogP contribution in [0.3, 0.4) is 0 Å². The van der Waals surface area contributed by atoms with E-state index in [9.17, 15) is 0 Å². The van der Waals surface area contributed by atoms with Crippen molar-refractivity contribution in [1.82, 2.24) is 0 Å². The Morgan fingerprint density at radius 1 is 1.11 bits per heavy atom. The van der Waals surface area contributed by atoms with Crippen molar-refractivity contribution in [2.24, 2.45) is 5.73 Å². The zero-order valence-electron chi connectivity index (χ0n) is 11.9. The summed E-state index contributed by atoms with van der Waals surface area (Å²) >= 11 is 0. The second-order valence-corrected chi connectivity index (χ2v) is 4.22. The Bertz CT molecular complexity index is 417. The standard InChI is InChI=1S/C18H25N/c1-6-10-11-14-17(15(5)19)18(13-8-3)16(9-4)12-7-2/h6-12,15H,1-4,13-14,19H2,5H3/b11-10-,16-12+,18-17-. The van der Waals surface area contributed by atoms with Crippen LogP contribution in [0.5, 0.6) is 0 Å². The van der Waals surface area contributed by atoms with Crippen LogP contribution in [-0.2, 0) is 0 Å². The predicted octanol–water partition coefficient (Wildman–Crippen LogP) is 4.64. The summed E-state index contributed by atoms with van der Waals surface area (Å²) in [5, 5.41) is 0. The van der Waals surface area contributed by atoms with E-state index in [0.717, 1.165) is 18.4 Å². The average molecular weight is 255 g/mol. The number of nitrogens with two attached hydrogens (primary N) is 1. The van der Waals surface area contributed by atoms with Gasteiger partial charge in [-0.3, -0.25) is 0 Å². The second-order valence-electron chi connectivity index (χ2n) is 4.22. The first-order valence-electron chi connectivity index (χ1n) is 6.43. The highest BCUT2D eigenvalue weighted by Gasteiger charge is 2.11. The summed E-state index contributed by atoms with van der Waals surface area (Å²) in [6, 6.07) is -0.0161. The fourth-order valence-electron chi connectivity index (χ4n) is 1.87. The van der Waals surface area contributed by atoms with Gasteiger partial charge < -0.3 is 5.73 Å². The molecule has 19 heavy (non-hydrogen) atoms. The van der Waals surface area contributed by atoms with Gasteiger partial charge in [0.1, 0.15) is 0 Å². The Balaban J connectivity index is 5.70. The van der Waals surface area contributed by atoms with Crippen molar-refractivity contribution in [3.05, 3.63) is 85.6 Å². The monoisotopic (exact) mass is 255 g/mol. The van der Waals surface area contributed by atoms with Crippen LogP contribution in [0, 0.1) is 0 Å². The van der Waals surface area contributed by atoms with Crippen LogP contribution < -0.4 is 5.73 Å². The molecule has 0 aromatic rings. The third-order valence-electron chi connectivity index (χ3n) is 2.76. The Labute approximate surface area is 117 Å². The van der Waals surface area contributed by atoms with Crippen molar-refractivity contribution in [1.29, 1.82) is 0 Å². The molecule has 1 nitrogen and oxygen atoms in total. The minimum atomic E-state index is -0.0161. The summed E-state index contributed by atoms with van der Waals surface area (Å²) in [5.74, 6) is 0. The highest BCUT2D eigenvalue weighted by Crippen LogP contribution is 2.24. The van der Waals surface area contributed by atoms with Crippen molar-refractivity contribution in [3.8, 4) is 0 Å². The Morgan fingerprint density at radius 2 is 1.79 bits per heavy atom. The molecule has 1 unspecified atom stereocenters. The fraction of sp³-hybridized carbons (Fsp3) is 0.222. The lowest BCUT2D eigenvalue weighted by molar-refractivity contribution is 0.815. The van der Waals surface area contributed by atoms with Crippen LogP contribution in [0.25, 0.3) is 0 Å². The van der Waals surface area contributed by atoms with Crippen LogP contribution in [-0.4, -0.2) is 6.04 Å². The molecule has 1 heteroatoms. The molecule has 0 radical (unpaired) electrons. The lowest BCUT2D eigenvalue weighted by Gasteiger charge is -2.17. The molecule has 102 valence electrons. The zero-order chi connectivity index (χ0) is 14.7. The van der Waals surface area contributed by atoms with Crippen molar-refractivity contribution in [2.75, 3.05) is 0 Å². The van der Waals surface area contributed by atoms with Gasteiger partial charge in [-0.1, -0.05) is 62.3 Å². The molecule has 0 aromatic carbocycles. The summed E-state index contributed by atoms with van der Waals surface area (Å²) in [6.45, 7) is 17.1. The zero-order valence-corrected chi connectivity index (χ0v) is 11.9. The molecule has 0 aliphatic carbocycles. The maximum atomic E-state index is 6.10. The molecule has 0 aromatic heterocycles. The fourth-order valence-corrected chi connectivity index (χ4v) is 1.87. The van der Waals surface area contributed by atoms with Gasteiger partial charge in [-0.2, -0.15) is 0 Å². The SMILES string of the molecule is C=C/C=C\C/C(=C(CC=C)/C(C=C)=C/C=C)C(C)N. The van der Waals surface area contributed by atoms with E-state index in [0.29, 0.717) is 0 Å². The molecule has 0 amide bonds. The number of hydrogen-bond donors (Lipinski definition) is 1. The Hall–Kier alpha value is -1.86. The summed E-state index contributed by atoms with van der Waals surface area (Å²) < 4.78 is 0. The molecule has 0 spiro atoms. The molecule has 0 aliphatic rings. The molecule has 0 bridgehead atoms. The van der Waals surface area contributed by atoms with E-state index in [-0.39, 0.29) is 6.04 Å². The van der Waals surface area contributed by atoms with Crippen molar-refractivity contribution < 1.29 is 0 Å². The van der Waals surface area contributed by atoms with Crippen LogP contribution in [0.2, 0.25) is 0 Å². The molecule has 0 saturated heterocycles. The van der Waals surface area contributed by atoms with Crippen LogP contribution in [0.4, 0.5) is 0 Å². The highest BCUT2D eigenvalue weighted by molar-refractivity contribution is 5.46. The quantitative estimate of drug-likeness (QED) is 0.471. The molecule has 0 heterocycles. The van der Waals surface area contributed by atoms with Crippen molar-refractivity contribution in [3.63, 3.8) is 0 Å². The van der Waals surface area contributed by atoms with Gasteiger partial charge in [-0.25, -0.2) is 0 Å². The normalized spacial score (nSPS) is 14.7. The van der Waals surface area contributed by atoms with E-state index < -0.39 is 0 Å². The van der Waals surface area contributed by atoms with Crippen LogP contribution >= 0.6 is 0 Å². The molecule has 1 atom stereocenters. The predicted molar refractivity (Wildman–Crippen MR) is 87.9 cm³/mol. The van der Waals surface area contributed by atoms with E-state index in [1.807, 2.05) is 31.2 Å². The van der Waals surface area contributed by atoms with E-state index in [1.54, 1.807) is 12.2 Å². The maximum Gasteiger partial charge on any atom is 0.0234 e.